The molecule has 1 aliphatic carbocycles. The van der Waals surface area contributed by atoms with Crippen LogP contribution in [0.2, 0.25) is 0 Å². The third-order valence-corrected chi connectivity index (χ3v) is 3.40. The Bertz CT molecular complexity index is 143. The highest BCUT2D eigenvalue weighted by Crippen LogP contribution is 2.50. The lowest BCUT2D eigenvalue weighted by Crippen LogP contribution is -2.09. The topological polar surface area (TPSA) is 26.3 Å². The van der Waals surface area contributed by atoms with Crippen LogP contribution in [-0.2, 0) is 8.62 Å². The Morgan fingerprint density at radius 3 is 2.50 bits per heavy atom. The molecule has 0 amide bonds. The molecule has 0 saturated heterocycles. The highest BCUT2D eigenvalue weighted by molar-refractivity contribution is 9.09. The Kier molecular flexibility index (Phi) is 2.74. The molecule has 0 spiro atoms. The van der Waals surface area contributed by atoms with Gasteiger partial charge in [0.1, 0.15) is 0 Å². The van der Waals surface area contributed by atoms with Crippen LogP contribution in [0.1, 0.15) is 19.3 Å². The van der Waals surface area contributed by atoms with Gasteiger partial charge in [0.2, 0.25) is 0 Å². The van der Waals surface area contributed by atoms with Gasteiger partial charge in [0.15, 0.2) is 16.3 Å². The van der Waals surface area contributed by atoms with E-state index in [1.807, 2.05) is 0 Å². The van der Waals surface area contributed by atoms with E-state index in [4.69, 9.17) is 0 Å². The molecule has 2 nitrogen and oxygen atoms in total. The maximum absolute atomic E-state index is 10.7. The number of halogens is 2. The largest absolute Gasteiger partial charge is 0.384 e. The van der Waals surface area contributed by atoms with Crippen molar-refractivity contribution in [3.05, 3.63) is 0 Å². The van der Waals surface area contributed by atoms with Crippen LogP contribution in [0.15, 0.2) is 0 Å². The molecule has 0 bridgehead atoms. The highest BCUT2D eigenvalue weighted by atomic mass is 79.9. The van der Waals surface area contributed by atoms with Crippen molar-refractivity contribution in [3.8, 4) is 0 Å². The molecular weight excluding hydrogens is 264 g/mol. The number of rotatable bonds is 3. The summed E-state index contributed by atoms with van der Waals surface area (Å²) in [5.41, 5.74) is 0.227. The fourth-order valence-corrected chi connectivity index (χ4v) is 1.74. The second-order valence-corrected chi connectivity index (χ2v) is 3.64. The molecule has 0 N–H and O–H groups in total. The molecule has 0 radical (unpaired) electrons. The van der Waals surface area contributed by atoms with Crippen molar-refractivity contribution in [1.29, 1.82) is 0 Å². The second-order valence-electron chi connectivity index (χ2n) is 2.76. The minimum atomic E-state index is -0.169. The van der Waals surface area contributed by atoms with Gasteiger partial charge in [-0.05, 0) is 18.3 Å². The lowest BCUT2D eigenvalue weighted by molar-refractivity contribution is -0.133. The summed E-state index contributed by atoms with van der Waals surface area (Å²) in [5, 5.41) is 0.905. The zero-order valence-electron chi connectivity index (χ0n) is 5.40. The van der Waals surface area contributed by atoms with E-state index in [0.717, 1.165) is 18.2 Å². The van der Waals surface area contributed by atoms with Crippen LogP contribution in [0.3, 0.4) is 0 Å². The van der Waals surface area contributed by atoms with Gasteiger partial charge in [-0.25, -0.2) is 0 Å². The van der Waals surface area contributed by atoms with Crippen LogP contribution in [-0.4, -0.2) is 11.3 Å². The zero-order chi connectivity index (χ0) is 7.61. The van der Waals surface area contributed by atoms with Crippen molar-refractivity contribution >= 4 is 38.2 Å². The predicted molar refractivity (Wildman–Crippen MR) is 45.1 cm³/mol. The monoisotopic (exact) mass is 270 g/mol. The van der Waals surface area contributed by atoms with Gasteiger partial charge in [-0.2, -0.15) is 0 Å². The predicted octanol–water partition coefficient (Wildman–Crippen LogP) is 2.40. The summed E-state index contributed by atoms with van der Waals surface area (Å²) >= 11 is 6.03. The van der Waals surface area contributed by atoms with Crippen molar-refractivity contribution in [1.82, 2.24) is 0 Å². The van der Waals surface area contributed by atoms with Gasteiger partial charge < -0.3 is 3.83 Å². The van der Waals surface area contributed by atoms with E-state index >= 15 is 0 Å². The third-order valence-electron chi connectivity index (χ3n) is 1.85. The molecule has 0 unspecified atom stereocenters. The molecular formula is C6H8Br2O2. The number of hydrogen-bond donors (Lipinski definition) is 0. The van der Waals surface area contributed by atoms with E-state index in [1.165, 1.54) is 0 Å². The molecule has 1 saturated carbocycles. The molecule has 0 aromatic rings. The first-order chi connectivity index (χ1) is 4.72. The lowest BCUT2D eigenvalue weighted by atomic mass is 10.1. The van der Waals surface area contributed by atoms with E-state index in [2.05, 4.69) is 36.0 Å². The van der Waals surface area contributed by atoms with Crippen molar-refractivity contribution in [2.24, 2.45) is 5.41 Å². The molecule has 1 rings (SSSR count). The van der Waals surface area contributed by atoms with Gasteiger partial charge in [0.25, 0.3) is 0 Å². The first-order valence-electron chi connectivity index (χ1n) is 3.10. The van der Waals surface area contributed by atoms with Gasteiger partial charge in [0.05, 0.1) is 6.42 Å². The zero-order valence-corrected chi connectivity index (χ0v) is 8.57. The summed E-state index contributed by atoms with van der Waals surface area (Å²) in [4.78, 5) is 10.7. The number of carbonyl (C=O) groups is 1. The quantitative estimate of drug-likeness (QED) is 0.737. The number of hydrogen-bond acceptors (Lipinski definition) is 2. The fraction of sp³-hybridized carbons (Fsp3) is 0.833. The molecule has 0 aliphatic heterocycles. The second kappa shape index (κ2) is 3.22. The Morgan fingerprint density at radius 1 is 1.60 bits per heavy atom. The lowest BCUT2D eigenvalue weighted by Gasteiger charge is -2.06. The molecule has 10 heavy (non-hydrogen) atoms. The van der Waals surface area contributed by atoms with Crippen molar-refractivity contribution in [2.45, 2.75) is 19.3 Å². The van der Waals surface area contributed by atoms with E-state index in [-0.39, 0.29) is 11.4 Å². The molecule has 0 heterocycles. The fourth-order valence-electron chi connectivity index (χ4n) is 0.868. The van der Waals surface area contributed by atoms with Crippen LogP contribution in [0.5, 0.6) is 0 Å². The molecule has 0 aromatic heterocycles. The number of alkyl halides is 1. The molecule has 0 aromatic carbocycles. The summed E-state index contributed by atoms with van der Waals surface area (Å²) in [6.45, 7) is 0. The Labute approximate surface area is 76.9 Å². The van der Waals surface area contributed by atoms with Crippen LogP contribution in [0.25, 0.3) is 0 Å². The van der Waals surface area contributed by atoms with Crippen LogP contribution in [0, 0.1) is 5.41 Å². The Morgan fingerprint density at radius 2 is 2.20 bits per heavy atom. The average Bonchev–Trinajstić information content (AvgIpc) is 2.70. The molecule has 0 atom stereocenters. The summed E-state index contributed by atoms with van der Waals surface area (Å²) < 4.78 is 4.38. The minimum Gasteiger partial charge on any atom is -0.384 e. The van der Waals surface area contributed by atoms with Crippen molar-refractivity contribution in [2.75, 3.05) is 5.33 Å². The summed E-state index contributed by atoms with van der Waals surface area (Å²) in [6, 6.07) is 0. The normalized spacial score (nSPS) is 20.2. The van der Waals surface area contributed by atoms with Crippen LogP contribution < -0.4 is 0 Å². The molecule has 4 heteroatoms. The van der Waals surface area contributed by atoms with Gasteiger partial charge in [-0.1, -0.05) is 15.9 Å². The summed E-state index contributed by atoms with van der Waals surface area (Å²) in [6.07, 6.45) is 2.81. The van der Waals surface area contributed by atoms with Crippen molar-refractivity contribution in [3.63, 3.8) is 0 Å². The summed E-state index contributed by atoms with van der Waals surface area (Å²) in [5.74, 6) is -0.169. The minimum absolute atomic E-state index is 0.169. The van der Waals surface area contributed by atoms with Crippen LogP contribution >= 0.6 is 32.2 Å². The standard InChI is InChI=1S/C6H8Br2O2/c7-4-6(1-2-6)3-5(9)10-8/h1-4H2. The van der Waals surface area contributed by atoms with Gasteiger partial charge in [0, 0.05) is 5.33 Å². The number of carbonyl (C=O) groups excluding carboxylic acids is 1. The van der Waals surface area contributed by atoms with E-state index in [9.17, 15) is 4.79 Å². The average molecular weight is 272 g/mol. The highest BCUT2D eigenvalue weighted by Gasteiger charge is 2.43. The SMILES string of the molecule is O=C(CC1(CBr)CC1)OBr. The maximum Gasteiger partial charge on any atom is 0.317 e. The summed E-state index contributed by atoms with van der Waals surface area (Å²) in [7, 11) is 0. The maximum atomic E-state index is 10.7. The van der Waals surface area contributed by atoms with E-state index in [0.29, 0.717) is 6.42 Å². The van der Waals surface area contributed by atoms with E-state index in [1.54, 1.807) is 0 Å². The Hall–Kier alpha value is 0.430. The van der Waals surface area contributed by atoms with Crippen molar-refractivity contribution < 1.29 is 8.62 Å². The van der Waals surface area contributed by atoms with Gasteiger partial charge >= 0.3 is 5.97 Å². The first kappa shape index (κ1) is 8.53. The van der Waals surface area contributed by atoms with Gasteiger partial charge in [-0.15, -0.1) is 0 Å². The first-order valence-corrected chi connectivity index (χ1v) is 4.87. The molecule has 1 aliphatic rings. The smallest absolute Gasteiger partial charge is 0.317 e. The third kappa shape index (κ3) is 1.95. The van der Waals surface area contributed by atoms with Gasteiger partial charge in [-0.3, -0.25) is 4.79 Å². The molecule has 58 valence electrons. The van der Waals surface area contributed by atoms with Crippen LogP contribution in [0.4, 0.5) is 0 Å². The Balaban J connectivity index is 2.30. The molecule has 1 fully saturated rings. The van der Waals surface area contributed by atoms with E-state index < -0.39 is 0 Å².